The Labute approximate surface area is 170 Å². The minimum atomic E-state index is -1.06. The zero-order valence-corrected chi connectivity index (χ0v) is 17.4. The summed E-state index contributed by atoms with van der Waals surface area (Å²) in [5, 5.41) is 12.7. The number of hydrogen-bond donors (Lipinski definition) is 2. The van der Waals surface area contributed by atoms with Gasteiger partial charge >= 0.3 is 11.6 Å². The Balaban J connectivity index is 2.22. The summed E-state index contributed by atoms with van der Waals surface area (Å²) < 4.78 is 11.2. The Bertz CT molecular complexity index is 933. The van der Waals surface area contributed by atoms with Gasteiger partial charge in [-0.1, -0.05) is 33.1 Å². The molecule has 2 atom stereocenters. The summed E-state index contributed by atoms with van der Waals surface area (Å²) in [4.78, 5) is 35.7. The van der Waals surface area contributed by atoms with E-state index in [1.807, 2.05) is 19.9 Å². The van der Waals surface area contributed by atoms with Crippen molar-refractivity contribution in [3.8, 4) is 5.75 Å². The van der Waals surface area contributed by atoms with E-state index in [9.17, 15) is 19.5 Å². The van der Waals surface area contributed by atoms with E-state index in [2.05, 4.69) is 5.32 Å². The summed E-state index contributed by atoms with van der Waals surface area (Å²) in [6.07, 6.45) is 2.66. The third kappa shape index (κ3) is 5.59. The normalized spacial score (nSPS) is 13.1. The molecule has 0 unspecified atom stereocenters. The number of carbonyl (C=O) groups excluding carboxylic acids is 1. The van der Waals surface area contributed by atoms with E-state index in [0.29, 0.717) is 29.7 Å². The Morgan fingerprint density at radius 3 is 2.59 bits per heavy atom. The van der Waals surface area contributed by atoms with E-state index >= 15 is 0 Å². The predicted molar refractivity (Wildman–Crippen MR) is 110 cm³/mol. The number of unbranched alkanes of at least 4 members (excludes halogenated alkanes) is 1. The van der Waals surface area contributed by atoms with E-state index in [4.69, 9.17) is 9.15 Å². The molecular formula is C22H29NO6. The summed E-state index contributed by atoms with van der Waals surface area (Å²) in [5.41, 5.74) is 1.56. The van der Waals surface area contributed by atoms with Crippen molar-refractivity contribution in [1.29, 1.82) is 0 Å². The van der Waals surface area contributed by atoms with Crippen LogP contribution in [-0.4, -0.2) is 29.1 Å². The van der Waals surface area contributed by atoms with Crippen LogP contribution in [0.5, 0.6) is 5.75 Å². The average Bonchev–Trinajstić information content (AvgIpc) is 2.67. The van der Waals surface area contributed by atoms with Crippen LogP contribution in [0, 0.1) is 6.92 Å². The molecule has 0 saturated carbocycles. The third-order valence-electron chi connectivity index (χ3n) is 4.85. The van der Waals surface area contributed by atoms with Gasteiger partial charge in [0.2, 0.25) is 0 Å². The number of aliphatic carboxylic acids is 1. The Hall–Kier alpha value is -2.83. The first-order chi connectivity index (χ1) is 13.8. The maximum absolute atomic E-state index is 12.4. The molecule has 7 heteroatoms. The van der Waals surface area contributed by atoms with Crippen molar-refractivity contribution in [2.45, 2.75) is 71.9 Å². The van der Waals surface area contributed by atoms with E-state index in [1.165, 1.54) is 6.07 Å². The molecule has 0 aliphatic rings. The number of carboxylic acid groups (broad SMARTS) is 1. The summed E-state index contributed by atoms with van der Waals surface area (Å²) in [5.74, 6) is -1.15. The van der Waals surface area contributed by atoms with Crippen molar-refractivity contribution in [1.82, 2.24) is 5.32 Å². The Kier molecular flexibility index (Phi) is 7.82. The molecule has 0 bridgehead atoms. The van der Waals surface area contributed by atoms with E-state index in [-0.39, 0.29) is 0 Å². The number of nitrogens with one attached hydrogen (secondary N) is 1. The quantitative estimate of drug-likeness (QED) is 0.588. The number of benzene rings is 1. The van der Waals surface area contributed by atoms with E-state index < -0.39 is 29.6 Å². The first-order valence-electron chi connectivity index (χ1n) is 10.0. The van der Waals surface area contributed by atoms with Crippen LogP contribution in [0.4, 0.5) is 0 Å². The number of rotatable bonds is 10. The number of ether oxygens (including phenoxy) is 1. The van der Waals surface area contributed by atoms with Gasteiger partial charge in [-0.15, -0.1) is 0 Å². The SMILES string of the molecule is CCCC[C@H](NC(=O)[C@@H](C)Oc1ccc2c(CCC)cc(=O)oc2c1C)C(=O)O. The maximum Gasteiger partial charge on any atom is 0.336 e. The zero-order chi connectivity index (χ0) is 21.6. The molecular weight excluding hydrogens is 374 g/mol. The highest BCUT2D eigenvalue weighted by atomic mass is 16.5. The van der Waals surface area contributed by atoms with E-state index in [0.717, 1.165) is 30.2 Å². The van der Waals surface area contributed by atoms with Gasteiger partial charge in [0, 0.05) is 17.0 Å². The highest BCUT2D eigenvalue weighted by molar-refractivity contribution is 5.87. The van der Waals surface area contributed by atoms with Crippen LogP contribution in [0.3, 0.4) is 0 Å². The lowest BCUT2D eigenvalue weighted by atomic mass is 10.0. The number of hydrogen-bond acceptors (Lipinski definition) is 5. The van der Waals surface area contributed by atoms with Gasteiger partial charge in [0.25, 0.3) is 5.91 Å². The van der Waals surface area contributed by atoms with Crippen LogP contribution in [0.2, 0.25) is 0 Å². The topological polar surface area (TPSA) is 106 Å². The average molecular weight is 403 g/mol. The molecule has 0 aliphatic heterocycles. The molecule has 2 rings (SSSR count). The second-order valence-corrected chi connectivity index (χ2v) is 7.21. The Morgan fingerprint density at radius 1 is 1.24 bits per heavy atom. The lowest BCUT2D eigenvalue weighted by Gasteiger charge is -2.20. The first kappa shape index (κ1) is 22.5. The predicted octanol–water partition coefficient (Wildman–Crippen LogP) is 3.58. The smallest absolute Gasteiger partial charge is 0.336 e. The molecule has 0 saturated heterocycles. The largest absolute Gasteiger partial charge is 0.480 e. The molecule has 158 valence electrons. The number of carboxylic acids is 1. The molecule has 29 heavy (non-hydrogen) atoms. The molecule has 7 nitrogen and oxygen atoms in total. The van der Waals surface area contributed by atoms with Crippen LogP contribution in [-0.2, 0) is 16.0 Å². The molecule has 2 aromatic rings. The molecule has 0 aliphatic carbocycles. The lowest BCUT2D eigenvalue weighted by molar-refractivity contribution is -0.143. The van der Waals surface area contributed by atoms with Crippen molar-refractivity contribution >= 4 is 22.8 Å². The monoisotopic (exact) mass is 403 g/mol. The summed E-state index contributed by atoms with van der Waals surface area (Å²) >= 11 is 0. The van der Waals surface area contributed by atoms with Crippen LogP contribution >= 0.6 is 0 Å². The number of fused-ring (bicyclic) bond motifs is 1. The minimum absolute atomic E-state index is 0.366. The molecule has 1 aromatic carbocycles. The first-order valence-corrected chi connectivity index (χ1v) is 10.0. The molecule has 2 N–H and O–H groups in total. The van der Waals surface area contributed by atoms with Crippen molar-refractivity contribution in [3.63, 3.8) is 0 Å². The molecule has 1 aromatic heterocycles. The van der Waals surface area contributed by atoms with Crippen LogP contribution in [0.15, 0.2) is 27.4 Å². The number of carbonyl (C=O) groups is 2. The fourth-order valence-corrected chi connectivity index (χ4v) is 3.21. The lowest BCUT2D eigenvalue weighted by Crippen LogP contribution is -2.46. The summed E-state index contributed by atoms with van der Waals surface area (Å²) in [6.45, 7) is 7.32. The fraction of sp³-hybridized carbons (Fsp3) is 0.500. The molecule has 0 fully saturated rings. The zero-order valence-electron chi connectivity index (χ0n) is 17.4. The second-order valence-electron chi connectivity index (χ2n) is 7.21. The standard InChI is InChI=1S/C22H29NO6/c1-5-7-9-17(22(26)27)23-21(25)14(4)28-18-11-10-16-15(8-6-2)12-19(24)29-20(16)13(18)3/h10-12,14,17H,5-9H2,1-4H3,(H,23,25)(H,26,27)/t14-,17+/m1/s1. The highest BCUT2D eigenvalue weighted by Crippen LogP contribution is 2.29. The maximum atomic E-state index is 12.4. The van der Waals surface area contributed by atoms with Gasteiger partial charge in [0.05, 0.1) is 0 Å². The van der Waals surface area contributed by atoms with Crippen LogP contribution in [0.1, 0.15) is 57.6 Å². The minimum Gasteiger partial charge on any atom is -0.480 e. The van der Waals surface area contributed by atoms with Gasteiger partial charge in [-0.25, -0.2) is 9.59 Å². The molecule has 0 spiro atoms. The third-order valence-corrected chi connectivity index (χ3v) is 4.85. The van der Waals surface area contributed by atoms with Crippen molar-refractivity contribution in [2.75, 3.05) is 0 Å². The summed E-state index contributed by atoms with van der Waals surface area (Å²) in [6, 6.07) is 4.12. The van der Waals surface area contributed by atoms with Gasteiger partial charge in [0.15, 0.2) is 6.10 Å². The van der Waals surface area contributed by atoms with Crippen molar-refractivity contribution in [2.24, 2.45) is 0 Å². The van der Waals surface area contributed by atoms with Gasteiger partial charge < -0.3 is 19.6 Å². The van der Waals surface area contributed by atoms with Crippen molar-refractivity contribution in [3.05, 3.63) is 39.7 Å². The van der Waals surface area contributed by atoms with E-state index in [1.54, 1.807) is 19.9 Å². The van der Waals surface area contributed by atoms with Crippen LogP contribution < -0.4 is 15.7 Å². The summed E-state index contributed by atoms with van der Waals surface area (Å²) in [7, 11) is 0. The molecule has 1 heterocycles. The fourth-order valence-electron chi connectivity index (χ4n) is 3.21. The van der Waals surface area contributed by atoms with Crippen molar-refractivity contribution < 1.29 is 23.8 Å². The highest BCUT2D eigenvalue weighted by Gasteiger charge is 2.24. The van der Waals surface area contributed by atoms with Gasteiger partial charge in [-0.3, -0.25) is 4.79 Å². The van der Waals surface area contributed by atoms with Crippen LogP contribution in [0.25, 0.3) is 11.0 Å². The number of amides is 1. The van der Waals surface area contributed by atoms with Gasteiger partial charge in [-0.2, -0.15) is 0 Å². The Morgan fingerprint density at radius 2 is 1.97 bits per heavy atom. The number of aryl methyl sites for hydroxylation is 2. The van der Waals surface area contributed by atoms with Gasteiger partial charge in [0.1, 0.15) is 17.4 Å². The second kappa shape index (κ2) is 10.1. The van der Waals surface area contributed by atoms with Gasteiger partial charge in [-0.05, 0) is 44.4 Å². The molecule has 0 radical (unpaired) electrons. The molecule has 1 amide bonds.